The minimum Gasteiger partial charge on any atom is -0.369 e. The van der Waals surface area contributed by atoms with Gasteiger partial charge in [0.05, 0.1) is 17.2 Å². The van der Waals surface area contributed by atoms with E-state index in [0.29, 0.717) is 29.7 Å². The topological polar surface area (TPSA) is 29.5 Å². The van der Waals surface area contributed by atoms with Crippen LogP contribution >= 0.6 is 11.6 Å². The Bertz CT molecular complexity index is 501. The van der Waals surface area contributed by atoms with Crippen molar-refractivity contribution in [1.82, 2.24) is 4.90 Å². The van der Waals surface area contributed by atoms with Crippen molar-refractivity contribution in [2.24, 2.45) is 5.92 Å². The maximum absolute atomic E-state index is 12.4. The maximum Gasteiger partial charge on any atom is 0.255 e. The van der Waals surface area contributed by atoms with Crippen LogP contribution in [0.4, 0.5) is 0 Å². The second-order valence-corrected chi connectivity index (χ2v) is 5.34. The smallest absolute Gasteiger partial charge is 0.255 e. The first-order valence-electron chi connectivity index (χ1n) is 6.77. The van der Waals surface area contributed by atoms with Crippen LogP contribution in [0.1, 0.15) is 23.2 Å². The molecule has 1 saturated heterocycles. The third kappa shape index (κ3) is 3.75. The van der Waals surface area contributed by atoms with E-state index >= 15 is 0 Å². The maximum atomic E-state index is 12.4. The van der Waals surface area contributed by atoms with Crippen molar-refractivity contribution in [2.45, 2.75) is 12.8 Å². The lowest BCUT2D eigenvalue weighted by Gasteiger charge is -2.32. The Morgan fingerprint density at radius 3 is 2.75 bits per heavy atom. The molecule has 1 aliphatic rings. The SMILES string of the molecule is C#CCOCC1CCN(C(=O)c2ccccc2Cl)CC1. The number of amides is 1. The summed E-state index contributed by atoms with van der Waals surface area (Å²) in [6.45, 7) is 2.53. The van der Waals surface area contributed by atoms with E-state index in [0.717, 1.165) is 25.9 Å². The zero-order chi connectivity index (χ0) is 14.4. The molecule has 0 aromatic heterocycles. The Morgan fingerprint density at radius 1 is 1.40 bits per heavy atom. The number of benzene rings is 1. The third-order valence-electron chi connectivity index (χ3n) is 3.54. The molecule has 2 rings (SSSR count). The van der Waals surface area contributed by atoms with Crippen LogP contribution in [0.15, 0.2) is 24.3 Å². The number of hydrogen-bond acceptors (Lipinski definition) is 2. The quantitative estimate of drug-likeness (QED) is 0.631. The highest BCUT2D eigenvalue weighted by Gasteiger charge is 2.24. The molecule has 3 nitrogen and oxygen atoms in total. The molecule has 1 aromatic rings. The third-order valence-corrected chi connectivity index (χ3v) is 3.87. The van der Waals surface area contributed by atoms with Gasteiger partial charge in [0, 0.05) is 13.1 Å². The summed E-state index contributed by atoms with van der Waals surface area (Å²) in [5.41, 5.74) is 0.580. The van der Waals surface area contributed by atoms with Crippen molar-refractivity contribution in [2.75, 3.05) is 26.3 Å². The first-order valence-corrected chi connectivity index (χ1v) is 7.15. The number of piperidine rings is 1. The summed E-state index contributed by atoms with van der Waals surface area (Å²) < 4.78 is 5.36. The second-order valence-electron chi connectivity index (χ2n) is 4.93. The number of hydrogen-bond donors (Lipinski definition) is 0. The molecule has 20 heavy (non-hydrogen) atoms. The van der Waals surface area contributed by atoms with E-state index in [1.807, 2.05) is 17.0 Å². The fraction of sp³-hybridized carbons (Fsp3) is 0.438. The average molecular weight is 292 g/mol. The van der Waals surface area contributed by atoms with Crippen LogP contribution in [0.5, 0.6) is 0 Å². The molecule has 0 saturated carbocycles. The number of halogens is 1. The summed E-state index contributed by atoms with van der Waals surface area (Å²) in [6.07, 6.45) is 7.03. The summed E-state index contributed by atoms with van der Waals surface area (Å²) >= 11 is 6.07. The molecule has 1 amide bonds. The van der Waals surface area contributed by atoms with Gasteiger partial charge in [0.2, 0.25) is 0 Å². The lowest BCUT2D eigenvalue weighted by molar-refractivity contribution is 0.0582. The molecule has 0 radical (unpaired) electrons. The van der Waals surface area contributed by atoms with Gasteiger partial charge >= 0.3 is 0 Å². The van der Waals surface area contributed by atoms with Crippen molar-refractivity contribution >= 4 is 17.5 Å². The number of likely N-dealkylation sites (tertiary alicyclic amines) is 1. The number of ether oxygens (including phenoxy) is 1. The van der Waals surface area contributed by atoms with E-state index in [1.54, 1.807) is 12.1 Å². The molecule has 1 fully saturated rings. The molecular formula is C16H18ClNO2. The highest BCUT2D eigenvalue weighted by molar-refractivity contribution is 6.33. The number of carbonyl (C=O) groups excluding carboxylic acids is 1. The minimum atomic E-state index is 0.0126. The molecule has 0 bridgehead atoms. The molecule has 0 atom stereocenters. The Morgan fingerprint density at radius 2 is 2.10 bits per heavy atom. The van der Waals surface area contributed by atoms with Crippen LogP contribution in [0.25, 0.3) is 0 Å². The zero-order valence-corrected chi connectivity index (χ0v) is 12.1. The van der Waals surface area contributed by atoms with Crippen molar-refractivity contribution in [3.63, 3.8) is 0 Å². The zero-order valence-electron chi connectivity index (χ0n) is 11.3. The second kappa shape index (κ2) is 7.33. The molecule has 0 spiro atoms. The van der Waals surface area contributed by atoms with Gasteiger partial charge in [-0.05, 0) is 30.9 Å². The monoisotopic (exact) mass is 291 g/mol. The van der Waals surface area contributed by atoms with Gasteiger partial charge in [-0.1, -0.05) is 29.7 Å². The van der Waals surface area contributed by atoms with Crippen LogP contribution in [-0.2, 0) is 4.74 Å². The largest absolute Gasteiger partial charge is 0.369 e. The number of carbonyl (C=O) groups is 1. The summed E-state index contributed by atoms with van der Waals surface area (Å²) in [4.78, 5) is 14.2. The molecule has 1 aromatic carbocycles. The summed E-state index contributed by atoms with van der Waals surface area (Å²) in [5, 5.41) is 0.511. The molecule has 4 heteroatoms. The first kappa shape index (κ1) is 14.9. The Kier molecular flexibility index (Phi) is 5.46. The van der Waals surface area contributed by atoms with Crippen molar-refractivity contribution in [3.05, 3.63) is 34.9 Å². The van der Waals surface area contributed by atoms with Crippen molar-refractivity contribution in [3.8, 4) is 12.3 Å². The van der Waals surface area contributed by atoms with Gasteiger partial charge in [-0.2, -0.15) is 0 Å². The summed E-state index contributed by atoms with van der Waals surface area (Å²) in [7, 11) is 0. The fourth-order valence-corrected chi connectivity index (χ4v) is 2.61. The van der Waals surface area contributed by atoms with E-state index in [9.17, 15) is 4.79 Å². The lowest BCUT2D eigenvalue weighted by atomic mass is 9.97. The number of rotatable bonds is 4. The van der Waals surface area contributed by atoms with Gasteiger partial charge < -0.3 is 9.64 Å². The van der Waals surface area contributed by atoms with Crippen LogP contribution in [0, 0.1) is 18.3 Å². The summed E-state index contributed by atoms with van der Waals surface area (Å²) in [5.74, 6) is 2.96. The summed E-state index contributed by atoms with van der Waals surface area (Å²) in [6, 6.07) is 7.18. The Labute approximate surface area is 124 Å². The number of nitrogens with zero attached hydrogens (tertiary/aromatic N) is 1. The van der Waals surface area contributed by atoms with Gasteiger partial charge in [0.15, 0.2) is 0 Å². The first-order chi connectivity index (χ1) is 9.72. The normalized spacial score (nSPS) is 15.9. The standard InChI is InChI=1S/C16H18ClNO2/c1-2-11-20-12-13-7-9-18(10-8-13)16(19)14-5-3-4-6-15(14)17/h1,3-6,13H,7-12H2. The van der Waals surface area contributed by atoms with Crippen LogP contribution in [0.2, 0.25) is 5.02 Å². The number of terminal acetylenes is 1. The molecule has 1 heterocycles. The molecule has 0 unspecified atom stereocenters. The van der Waals surface area contributed by atoms with E-state index < -0.39 is 0 Å². The predicted octanol–water partition coefficient (Wildman–Crippen LogP) is 2.84. The van der Waals surface area contributed by atoms with E-state index in [-0.39, 0.29) is 5.91 Å². The molecule has 0 aliphatic carbocycles. The van der Waals surface area contributed by atoms with Gasteiger partial charge in [-0.3, -0.25) is 4.79 Å². The fourth-order valence-electron chi connectivity index (χ4n) is 2.39. The molecule has 1 aliphatic heterocycles. The van der Waals surface area contributed by atoms with E-state index in [1.165, 1.54) is 0 Å². The van der Waals surface area contributed by atoms with Crippen molar-refractivity contribution in [1.29, 1.82) is 0 Å². The molecular weight excluding hydrogens is 274 g/mol. The Hall–Kier alpha value is -1.50. The molecule has 0 N–H and O–H groups in total. The van der Waals surface area contributed by atoms with Gasteiger partial charge in [-0.15, -0.1) is 6.42 Å². The van der Waals surface area contributed by atoms with Crippen LogP contribution < -0.4 is 0 Å². The van der Waals surface area contributed by atoms with E-state index in [2.05, 4.69) is 5.92 Å². The average Bonchev–Trinajstić information content (AvgIpc) is 2.48. The van der Waals surface area contributed by atoms with Gasteiger partial charge in [0.1, 0.15) is 6.61 Å². The highest BCUT2D eigenvalue weighted by atomic mass is 35.5. The van der Waals surface area contributed by atoms with Crippen molar-refractivity contribution < 1.29 is 9.53 Å². The van der Waals surface area contributed by atoms with Crippen LogP contribution in [0.3, 0.4) is 0 Å². The molecule has 106 valence electrons. The lowest BCUT2D eigenvalue weighted by Crippen LogP contribution is -2.39. The highest BCUT2D eigenvalue weighted by Crippen LogP contribution is 2.22. The Balaban J connectivity index is 1.86. The minimum absolute atomic E-state index is 0.0126. The van der Waals surface area contributed by atoms with E-state index in [4.69, 9.17) is 22.8 Å². The predicted molar refractivity (Wildman–Crippen MR) is 79.7 cm³/mol. The van der Waals surface area contributed by atoms with Gasteiger partial charge in [-0.25, -0.2) is 0 Å². The van der Waals surface area contributed by atoms with Crippen LogP contribution in [-0.4, -0.2) is 37.1 Å². The van der Waals surface area contributed by atoms with Gasteiger partial charge in [0.25, 0.3) is 5.91 Å².